The molecule has 0 aromatic rings. The van der Waals surface area contributed by atoms with Crippen molar-refractivity contribution in [3.63, 3.8) is 0 Å². The van der Waals surface area contributed by atoms with Gasteiger partial charge in [0.1, 0.15) is 24.4 Å². The third kappa shape index (κ3) is 42.8. The van der Waals surface area contributed by atoms with Crippen LogP contribution in [-0.2, 0) is 36.4 Å². The standard InChI is InChI=1S/C62H131NO8Si5/c1-18-20-22-24-26-28-30-32-33-34-35-36-37-38-40-42-44-46-48-50-52-58(64)63-55(56(68-73(6,7)8)51-49-47-45-43-41-39-31-29-27-25-23-21-19-2)53-65-62-61(71-76(15,16)17)60(70-75(12,13)14)59(69-74(9,10)11)57(67-62)54-66-72(3,4)5/h49,51,55-57,59-62H,18-48,50,52-54H2,1-17H3,(H,63,64)/b51-49-/t55-,56+,57-,59-,60+,61-,62-/m1/s1. The number of amides is 1. The highest BCUT2D eigenvalue weighted by Gasteiger charge is 2.52. The molecule has 1 saturated heterocycles. The number of carbonyl (C=O) groups is 1. The number of hydrogen-bond donors (Lipinski definition) is 1. The highest BCUT2D eigenvalue weighted by molar-refractivity contribution is 6.71. The van der Waals surface area contributed by atoms with Crippen molar-refractivity contribution < 1.29 is 36.4 Å². The Balaban J connectivity index is 3.14. The Morgan fingerprint density at radius 1 is 0.461 bits per heavy atom. The molecule has 1 heterocycles. The molecule has 0 aromatic carbocycles. The SMILES string of the molecule is CCCCCCCCCCCCC/C=C\[C@H](O[Si](C)(C)C)[C@@H](CO[C@@H]1O[C@H](CO[Si](C)(C)C)[C@@H](O[Si](C)(C)C)[C@H](O[Si](C)(C)C)[C@H]1O[Si](C)(C)C)NC(=O)CCCCCCCCCCCCCCCCCCCCCC. The van der Waals surface area contributed by atoms with Gasteiger partial charge in [-0.1, -0.05) is 212 Å². The molecule has 7 atom stereocenters. The third-order valence-corrected chi connectivity index (χ3v) is 18.9. The van der Waals surface area contributed by atoms with Gasteiger partial charge in [0.25, 0.3) is 0 Å². The van der Waals surface area contributed by atoms with Gasteiger partial charge < -0.3 is 36.9 Å². The molecule has 76 heavy (non-hydrogen) atoms. The second kappa shape index (κ2) is 41.9. The second-order valence-corrected chi connectivity index (χ2v) is 50.3. The van der Waals surface area contributed by atoms with Crippen LogP contribution in [0.15, 0.2) is 12.2 Å². The van der Waals surface area contributed by atoms with Crippen molar-refractivity contribution in [1.82, 2.24) is 5.32 Å². The van der Waals surface area contributed by atoms with Crippen molar-refractivity contribution in [3.05, 3.63) is 12.2 Å². The topological polar surface area (TPSA) is 93.7 Å². The van der Waals surface area contributed by atoms with E-state index in [-0.39, 0.29) is 24.7 Å². The number of unbranched alkanes of at least 4 members (excludes halogenated alkanes) is 30. The van der Waals surface area contributed by atoms with Gasteiger partial charge in [-0.25, -0.2) is 0 Å². The minimum atomic E-state index is -2.18. The van der Waals surface area contributed by atoms with E-state index in [0.29, 0.717) is 13.0 Å². The number of rotatable bonds is 50. The Bertz CT molecular complexity index is 1420. The van der Waals surface area contributed by atoms with Crippen LogP contribution >= 0.6 is 0 Å². The van der Waals surface area contributed by atoms with Gasteiger partial charge in [0, 0.05) is 6.42 Å². The summed E-state index contributed by atoms with van der Waals surface area (Å²) in [6.45, 7) is 38.6. The van der Waals surface area contributed by atoms with Crippen LogP contribution in [0.3, 0.4) is 0 Å². The fraction of sp³-hybridized carbons (Fsp3) is 0.952. The molecule has 1 aliphatic heterocycles. The summed E-state index contributed by atoms with van der Waals surface area (Å²) in [6, 6.07) is -0.418. The summed E-state index contributed by atoms with van der Waals surface area (Å²) in [5.74, 6) is 0.0587. The summed E-state index contributed by atoms with van der Waals surface area (Å²) in [6.07, 6.45) is 44.6. The lowest BCUT2D eigenvalue weighted by molar-refractivity contribution is -0.292. The average Bonchev–Trinajstić information content (AvgIpc) is 3.30. The van der Waals surface area contributed by atoms with E-state index in [2.05, 4.69) is 130 Å². The predicted molar refractivity (Wildman–Crippen MR) is 342 cm³/mol. The minimum Gasteiger partial charge on any atom is -0.415 e. The molecular formula is C62H131NO8Si5. The van der Waals surface area contributed by atoms with E-state index in [0.717, 1.165) is 25.7 Å². The smallest absolute Gasteiger partial charge is 0.220 e. The first-order valence-corrected chi connectivity index (χ1v) is 49.4. The highest BCUT2D eigenvalue weighted by atomic mass is 28.4. The first-order chi connectivity index (χ1) is 35.7. The maximum Gasteiger partial charge on any atom is 0.220 e. The van der Waals surface area contributed by atoms with Gasteiger partial charge in [-0.15, -0.1) is 0 Å². The van der Waals surface area contributed by atoms with E-state index in [1.807, 2.05) is 0 Å². The second-order valence-electron chi connectivity index (χ2n) is 28.0. The van der Waals surface area contributed by atoms with E-state index in [1.165, 1.54) is 180 Å². The molecule has 0 aromatic heterocycles. The summed E-state index contributed by atoms with van der Waals surface area (Å²) in [7, 11) is -10.4. The fourth-order valence-electron chi connectivity index (χ4n) is 10.2. The van der Waals surface area contributed by atoms with E-state index in [9.17, 15) is 4.79 Å². The molecule has 1 amide bonds. The summed E-state index contributed by atoms with van der Waals surface area (Å²) >= 11 is 0. The number of nitrogens with one attached hydrogen (secondary N) is 1. The molecule has 1 rings (SSSR count). The van der Waals surface area contributed by atoms with Crippen LogP contribution in [0, 0.1) is 0 Å². The molecule has 1 aliphatic rings. The largest absolute Gasteiger partial charge is 0.415 e. The van der Waals surface area contributed by atoms with Crippen LogP contribution in [0.5, 0.6) is 0 Å². The first-order valence-electron chi connectivity index (χ1n) is 32.3. The molecular weight excluding hydrogens is 1030 g/mol. The van der Waals surface area contributed by atoms with Crippen LogP contribution in [0.2, 0.25) is 98.2 Å². The lowest BCUT2D eigenvalue weighted by atomic mass is 9.99. The molecule has 1 N–H and O–H groups in total. The Morgan fingerprint density at radius 2 is 0.829 bits per heavy atom. The van der Waals surface area contributed by atoms with Crippen molar-refractivity contribution in [3.8, 4) is 0 Å². The maximum atomic E-state index is 14.1. The summed E-state index contributed by atoms with van der Waals surface area (Å²) in [5.41, 5.74) is 0. The van der Waals surface area contributed by atoms with E-state index in [1.54, 1.807) is 0 Å². The molecule has 0 spiro atoms. The van der Waals surface area contributed by atoms with Crippen LogP contribution in [0.4, 0.5) is 0 Å². The normalized spacial score (nSPS) is 19.9. The molecule has 0 unspecified atom stereocenters. The molecule has 452 valence electrons. The Labute approximate surface area is 478 Å². The fourth-order valence-corrected chi connectivity index (χ4v) is 15.1. The van der Waals surface area contributed by atoms with Gasteiger partial charge in [-0.3, -0.25) is 4.79 Å². The number of hydrogen-bond acceptors (Lipinski definition) is 8. The van der Waals surface area contributed by atoms with E-state index >= 15 is 0 Å². The van der Waals surface area contributed by atoms with Crippen LogP contribution < -0.4 is 5.32 Å². The molecule has 14 heteroatoms. The minimum absolute atomic E-state index is 0.0587. The summed E-state index contributed by atoms with van der Waals surface area (Å²) in [5, 5.41) is 3.48. The van der Waals surface area contributed by atoms with Gasteiger partial charge >= 0.3 is 0 Å². The number of allylic oxidation sites excluding steroid dienone is 1. The van der Waals surface area contributed by atoms with Gasteiger partial charge in [-0.05, 0) is 117 Å². The molecule has 1 fully saturated rings. The molecule has 0 bridgehead atoms. The number of ether oxygens (including phenoxy) is 2. The van der Waals surface area contributed by atoms with E-state index in [4.69, 9.17) is 31.6 Å². The van der Waals surface area contributed by atoms with Crippen molar-refractivity contribution in [2.45, 2.75) is 367 Å². The number of carbonyl (C=O) groups excluding carboxylic acids is 1. The third-order valence-electron chi connectivity index (χ3n) is 14.0. The summed E-state index contributed by atoms with van der Waals surface area (Å²) in [4.78, 5) is 14.1. The predicted octanol–water partition coefficient (Wildman–Crippen LogP) is 19.4. The van der Waals surface area contributed by atoms with Crippen molar-refractivity contribution in [2.24, 2.45) is 0 Å². The Hall–Kier alpha value is 0.0144. The van der Waals surface area contributed by atoms with Gasteiger partial charge in [0.05, 0.1) is 25.4 Å². The highest BCUT2D eigenvalue weighted by Crippen LogP contribution is 2.35. The van der Waals surface area contributed by atoms with Gasteiger partial charge in [-0.2, -0.15) is 0 Å². The average molecular weight is 1160 g/mol. The Morgan fingerprint density at radius 3 is 1.21 bits per heavy atom. The monoisotopic (exact) mass is 1160 g/mol. The molecule has 0 saturated carbocycles. The van der Waals surface area contributed by atoms with E-state index < -0.39 is 72.2 Å². The van der Waals surface area contributed by atoms with Crippen LogP contribution in [0.25, 0.3) is 0 Å². The van der Waals surface area contributed by atoms with Crippen molar-refractivity contribution in [2.75, 3.05) is 13.2 Å². The first kappa shape index (κ1) is 74.0. The zero-order valence-electron chi connectivity index (χ0n) is 53.7. The lowest BCUT2D eigenvalue weighted by Crippen LogP contribution is -2.66. The van der Waals surface area contributed by atoms with Crippen molar-refractivity contribution in [1.29, 1.82) is 0 Å². The molecule has 0 aliphatic carbocycles. The van der Waals surface area contributed by atoms with Gasteiger partial charge in [0.2, 0.25) is 5.91 Å². The Kier molecular flexibility index (Phi) is 40.8. The lowest BCUT2D eigenvalue weighted by Gasteiger charge is -2.51. The zero-order chi connectivity index (χ0) is 56.9. The van der Waals surface area contributed by atoms with Gasteiger partial charge in [0.15, 0.2) is 47.9 Å². The summed E-state index contributed by atoms with van der Waals surface area (Å²) < 4.78 is 49.1. The van der Waals surface area contributed by atoms with Crippen molar-refractivity contribution >= 4 is 47.5 Å². The van der Waals surface area contributed by atoms with Crippen LogP contribution in [-0.4, -0.2) is 104 Å². The van der Waals surface area contributed by atoms with Crippen LogP contribution in [0.1, 0.15) is 226 Å². The zero-order valence-corrected chi connectivity index (χ0v) is 58.7. The quantitative estimate of drug-likeness (QED) is 0.0366. The molecule has 0 radical (unpaired) electrons. The maximum absolute atomic E-state index is 14.1. The molecule has 9 nitrogen and oxygen atoms in total.